The fourth-order valence-corrected chi connectivity index (χ4v) is 1.87. The Labute approximate surface area is 110 Å². The van der Waals surface area contributed by atoms with Crippen molar-refractivity contribution in [2.24, 2.45) is 4.99 Å². The van der Waals surface area contributed by atoms with Gasteiger partial charge in [0, 0.05) is 62.5 Å². The van der Waals surface area contributed by atoms with Gasteiger partial charge in [-0.05, 0) is 13.8 Å². The van der Waals surface area contributed by atoms with E-state index < -0.39 is 0 Å². The van der Waals surface area contributed by atoms with E-state index in [0.29, 0.717) is 0 Å². The minimum absolute atomic E-state index is 0.915. The standard InChI is InChI=1S/C15H23N3/c1-5-8-13(11-16-3)14-12-17-10-7-9-15(14)18(4)6-2/h5,7-8,10-12,16H,6,9H2,1-4H3/b8-5-,13-11+. The molecule has 0 aromatic carbocycles. The number of nitrogens with one attached hydrogen (secondary N) is 1. The summed E-state index contributed by atoms with van der Waals surface area (Å²) in [6.45, 7) is 5.18. The molecule has 0 aromatic heterocycles. The molecular weight excluding hydrogens is 222 g/mol. The van der Waals surface area contributed by atoms with Gasteiger partial charge in [0.2, 0.25) is 0 Å². The van der Waals surface area contributed by atoms with E-state index in [1.165, 1.54) is 11.3 Å². The highest BCUT2D eigenvalue weighted by Gasteiger charge is 2.12. The molecular formula is C15H23N3. The maximum atomic E-state index is 4.31. The van der Waals surface area contributed by atoms with Crippen LogP contribution in [-0.2, 0) is 0 Å². The van der Waals surface area contributed by atoms with E-state index in [1.807, 2.05) is 38.7 Å². The number of allylic oxidation sites excluding steroid dienone is 5. The number of nitrogens with zero attached hydrogens (tertiary/aromatic N) is 2. The predicted molar refractivity (Wildman–Crippen MR) is 79.5 cm³/mol. The average Bonchev–Trinajstić information content (AvgIpc) is 2.63. The molecule has 1 aliphatic heterocycles. The van der Waals surface area contributed by atoms with Crippen LogP contribution in [0.3, 0.4) is 0 Å². The van der Waals surface area contributed by atoms with Crippen molar-refractivity contribution in [2.45, 2.75) is 20.3 Å². The zero-order valence-corrected chi connectivity index (χ0v) is 11.8. The van der Waals surface area contributed by atoms with E-state index in [0.717, 1.165) is 18.5 Å². The quantitative estimate of drug-likeness (QED) is 0.754. The minimum atomic E-state index is 0.915. The number of aliphatic imine (C=N–C) groups is 1. The van der Waals surface area contributed by atoms with E-state index in [2.05, 4.69) is 41.3 Å². The van der Waals surface area contributed by atoms with Gasteiger partial charge in [-0.1, -0.05) is 18.2 Å². The summed E-state index contributed by atoms with van der Waals surface area (Å²) in [7, 11) is 4.04. The first-order valence-electron chi connectivity index (χ1n) is 6.37. The van der Waals surface area contributed by atoms with Gasteiger partial charge in [-0.15, -0.1) is 0 Å². The molecule has 0 bridgehead atoms. The number of hydrogen-bond donors (Lipinski definition) is 1. The van der Waals surface area contributed by atoms with Gasteiger partial charge in [-0.3, -0.25) is 4.99 Å². The third-order valence-electron chi connectivity index (χ3n) is 2.91. The lowest BCUT2D eigenvalue weighted by Gasteiger charge is -2.22. The maximum absolute atomic E-state index is 4.31. The van der Waals surface area contributed by atoms with Crippen LogP contribution in [0.5, 0.6) is 0 Å². The van der Waals surface area contributed by atoms with Crippen LogP contribution < -0.4 is 5.32 Å². The lowest BCUT2D eigenvalue weighted by Crippen LogP contribution is -2.19. The summed E-state index contributed by atoms with van der Waals surface area (Å²) < 4.78 is 0. The third kappa shape index (κ3) is 3.62. The largest absolute Gasteiger partial charge is 0.393 e. The smallest absolute Gasteiger partial charge is 0.0364 e. The van der Waals surface area contributed by atoms with Gasteiger partial charge in [0.15, 0.2) is 0 Å². The van der Waals surface area contributed by atoms with Crippen molar-refractivity contribution in [3.05, 3.63) is 47.5 Å². The fourth-order valence-electron chi connectivity index (χ4n) is 1.87. The first-order chi connectivity index (χ1) is 8.74. The van der Waals surface area contributed by atoms with Gasteiger partial charge < -0.3 is 10.2 Å². The minimum Gasteiger partial charge on any atom is -0.393 e. The second-order valence-corrected chi connectivity index (χ2v) is 4.13. The molecule has 0 aliphatic carbocycles. The highest BCUT2D eigenvalue weighted by molar-refractivity contribution is 5.87. The Morgan fingerprint density at radius 1 is 1.56 bits per heavy atom. The molecule has 0 spiro atoms. The van der Waals surface area contributed by atoms with Crippen LogP contribution in [0.1, 0.15) is 20.3 Å². The summed E-state index contributed by atoms with van der Waals surface area (Å²) >= 11 is 0. The zero-order valence-electron chi connectivity index (χ0n) is 11.8. The van der Waals surface area contributed by atoms with Gasteiger partial charge >= 0.3 is 0 Å². The Morgan fingerprint density at radius 3 is 2.94 bits per heavy atom. The monoisotopic (exact) mass is 245 g/mol. The van der Waals surface area contributed by atoms with Crippen molar-refractivity contribution >= 4 is 6.21 Å². The molecule has 0 unspecified atom stereocenters. The Hall–Kier alpha value is -1.77. The lowest BCUT2D eigenvalue weighted by molar-refractivity contribution is 0.431. The van der Waals surface area contributed by atoms with E-state index in [-0.39, 0.29) is 0 Å². The third-order valence-corrected chi connectivity index (χ3v) is 2.91. The Bertz CT molecular complexity index is 411. The van der Waals surface area contributed by atoms with Crippen LogP contribution in [0.15, 0.2) is 52.5 Å². The van der Waals surface area contributed by atoms with Crippen LogP contribution in [-0.4, -0.2) is 31.8 Å². The van der Waals surface area contributed by atoms with Crippen LogP contribution in [0, 0.1) is 0 Å². The lowest BCUT2D eigenvalue weighted by atomic mass is 10.0. The molecule has 0 fully saturated rings. The van der Waals surface area contributed by atoms with E-state index in [4.69, 9.17) is 0 Å². The summed E-state index contributed by atoms with van der Waals surface area (Å²) in [5.74, 6) is 0. The topological polar surface area (TPSA) is 27.6 Å². The highest BCUT2D eigenvalue weighted by Crippen LogP contribution is 2.21. The van der Waals surface area contributed by atoms with E-state index in [1.54, 1.807) is 0 Å². The van der Waals surface area contributed by atoms with E-state index >= 15 is 0 Å². The number of rotatable bonds is 5. The number of hydrogen-bond acceptors (Lipinski definition) is 3. The molecule has 3 heteroatoms. The first kappa shape index (κ1) is 14.3. The maximum Gasteiger partial charge on any atom is 0.0364 e. The van der Waals surface area contributed by atoms with Crippen LogP contribution >= 0.6 is 0 Å². The van der Waals surface area contributed by atoms with Gasteiger partial charge in [0.05, 0.1) is 0 Å². The Balaban J connectivity index is 3.25. The summed E-state index contributed by atoms with van der Waals surface area (Å²) in [5.41, 5.74) is 3.63. The molecule has 1 N–H and O–H groups in total. The summed E-state index contributed by atoms with van der Waals surface area (Å²) in [6.07, 6.45) is 13.0. The Kier molecular flexibility index (Phi) is 5.98. The molecule has 0 radical (unpaired) electrons. The molecule has 0 aromatic rings. The first-order valence-corrected chi connectivity index (χ1v) is 6.37. The van der Waals surface area contributed by atoms with Crippen LogP contribution in [0.25, 0.3) is 0 Å². The van der Waals surface area contributed by atoms with Crippen molar-refractivity contribution in [3.8, 4) is 0 Å². The van der Waals surface area contributed by atoms with Crippen molar-refractivity contribution in [1.82, 2.24) is 10.2 Å². The molecule has 1 rings (SSSR count). The summed E-state index contributed by atoms with van der Waals surface area (Å²) in [6, 6.07) is 0. The molecule has 0 saturated carbocycles. The highest BCUT2D eigenvalue weighted by atomic mass is 15.1. The molecule has 0 atom stereocenters. The molecule has 3 nitrogen and oxygen atoms in total. The molecule has 1 aliphatic rings. The normalized spacial score (nSPS) is 16.3. The van der Waals surface area contributed by atoms with Gasteiger partial charge in [0.1, 0.15) is 0 Å². The van der Waals surface area contributed by atoms with Gasteiger partial charge in [-0.25, -0.2) is 0 Å². The van der Waals surface area contributed by atoms with E-state index in [9.17, 15) is 0 Å². The van der Waals surface area contributed by atoms with Gasteiger partial charge in [0.25, 0.3) is 0 Å². The zero-order chi connectivity index (χ0) is 13.4. The second kappa shape index (κ2) is 7.54. The van der Waals surface area contributed by atoms with Crippen molar-refractivity contribution in [3.63, 3.8) is 0 Å². The Morgan fingerprint density at radius 2 is 2.33 bits per heavy atom. The molecule has 1 heterocycles. The van der Waals surface area contributed by atoms with Gasteiger partial charge in [-0.2, -0.15) is 0 Å². The van der Waals surface area contributed by atoms with Crippen molar-refractivity contribution in [1.29, 1.82) is 0 Å². The second-order valence-electron chi connectivity index (χ2n) is 4.13. The molecule has 0 saturated heterocycles. The molecule has 98 valence electrons. The van der Waals surface area contributed by atoms with Crippen LogP contribution in [0.4, 0.5) is 0 Å². The SMILES string of the molecule is C/C=C\C(=C/NC)C1=C(N(C)CC)CC=CN=C1. The van der Waals surface area contributed by atoms with Crippen LogP contribution in [0.2, 0.25) is 0 Å². The predicted octanol–water partition coefficient (Wildman–Crippen LogP) is 2.86. The molecule has 0 amide bonds. The van der Waals surface area contributed by atoms with Crippen molar-refractivity contribution < 1.29 is 0 Å². The average molecular weight is 245 g/mol. The molecule has 18 heavy (non-hydrogen) atoms. The fraction of sp³-hybridized carbons (Fsp3) is 0.400. The summed E-state index contributed by atoms with van der Waals surface area (Å²) in [5, 5.41) is 3.10. The van der Waals surface area contributed by atoms with Crippen molar-refractivity contribution in [2.75, 3.05) is 20.6 Å². The summed E-state index contributed by atoms with van der Waals surface area (Å²) in [4.78, 5) is 6.58.